The van der Waals surface area contributed by atoms with Crippen LogP contribution in [0.25, 0.3) is 0 Å². The van der Waals surface area contributed by atoms with E-state index in [1.807, 2.05) is 11.8 Å². The van der Waals surface area contributed by atoms with Gasteiger partial charge in [-0.15, -0.1) is 0 Å². The fraction of sp³-hybridized carbons (Fsp3) is 1.00. The molecule has 3 nitrogen and oxygen atoms in total. The normalized spacial score (nSPS) is 27.2. The van der Waals surface area contributed by atoms with Crippen LogP contribution in [-0.2, 0) is 4.74 Å². The average molecular weight is 289 g/mol. The highest BCUT2D eigenvalue weighted by Gasteiger charge is 2.22. The SMILES string of the molecule is CSCCC(C)NCC(O)COC1CCCCC1C. The van der Waals surface area contributed by atoms with Gasteiger partial charge in [-0.05, 0) is 44.1 Å². The van der Waals surface area contributed by atoms with Crippen LogP contribution in [0, 0.1) is 5.92 Å². The minimum Gasteiger partial charge on any atom is -0.389 e. The fourth-order valence-electron chi connectivity index (χ4n) is 2.56. The Morgan fingerprint density at radius 3 is 2.79 bits per heavy atom. The van der Waals surface area contributed by atoms with Crippen molar-refractivity contribution in [3.63, 3.8) is 0 Å². The molecule has 2 N–H and O–H groups in total. The predicted octanol–water partition coefficient (Wildman–Crippen LogP) is 2.67. The van der Waals surface area contributed by atoms with E-state index in [1.165, 1.54) is 25.0 Å². The number of aliphatic hydroxyl groups is 1. The maximum Gasteiger partial charge on any atom is 0.0897 e. The van der Waals surface area contributed by atoms with Crippen LogP contribution in [0.5, 0.6) is 0 Å². The maximum atomic E-state index is 9.95. The molecule has 1 fully saturated rings. The lowest BCUT2D eigenvalue weighted by molar-refractivity contribution is -0.0455. The molecule has 0 heterocycles. The Morgan fingerprint density at radius 2 is 2.11 bits per heavy atom. The standard InChI is InChI=1S/C15H31NO2S/c1-12-6-4-5-7-15(12)18-11-14(17)10-16-13(2)8-9-19-3/h12-17H,4-11H2,1-3H3. The Kier molecular flexibility index (Phi) is 9.12. The highest BCUT2D eigenvalue weighted by atomic mass is 32.2. The summed E-state index contributed by atoms with van der Waals surface area (Å²) in [6.07, 6.45) is 8.28. The topological polar surface area (TPSA) is 41.5 Å². The third kappa shape index (κ3) is 7.54. The van der Waals surface area contributed by atoms with Gasteiger partial charge in [-0.1, -0.05) is 19.8 Å². The van der Waals surface area contributed by atoms with Crippen molar-refractivity contribution >= 4 is 11.8 Å². The zero-order valence-electron chi connectivity index (χ0n) is 12.7. The second kappa shape index (κ2) is 10.0. The summed E-state index contributed by atoms with van der Waals surface area (Å²) in [4.78, 5) is 0. The Bertz CT molecular complexity index is 228. The molecule has 1 aliphatic rings. The van der Waals surface area contributed by atoms with Crippen LogP contribution in [0.1, 0.15) is 46.0 Å². The van der Waals surface area contributed by atoms with Gasteiger partial charge < -0.3 is 15.2 Å². The zero-order valence-corrected chi connectivity index (χ0v) is 13.5. The van der Waals surface area contributed by atoms with Crippen molar-refractivity contribution in [2.45, 2.75) is 64.2 Å². The third-order valence-electron chi connectivity index (χ3n) is 3.99. The smallest absolute Gasteiger partial charge is 0.0897 e. The van der Waals surface area contributed by atoms with Gasteiger partial charge in [0.25, 0.3) is 0 Å². The van der Waals surface area contributed by atoms with Crippen molar-refractivity contribution in [2.75, 3.05) is 25.2 Å². The van der Waals surface area contributed by atoms with Crippen molar-refractivity contribution in [2.24, 2.45) is 5.92 Å². The van der Waals surface area contributed by atoms with E-state index in [-0.39, 0.29) is 6.10 Å². The number of ether oxygens (including phenoxy) is 1. The van der Waals surface area contributed by atoms with E-state index in [0.29, 0.717) is 31.2 Å². The van der Waals surface area contributed by atoms with Crippen molar-refractivity contribution in [3.8, 4) is 0 Å². The maximum absolute atomic E-state index is 9.95. The van der Waals surface area contributed by atoms with Gasteiger partial charge in [0, 0.05) is 12.6 Å². The summed E-state index contributed by atoms with van der Waals surface area (Å²) in [5, 5.41) is 13.3. The quantitative estimate of drug-likeness (QED) is 0.685. The molecular formula is C15H31NO2S. The molecule has 0 aromatic carbocycles. The van der Waals surface area contributed by atoms with Crippen LogP contribution in [0.15, 0.2) is 0 Å². The van der Waals surface area contributed by atoms with Gasteiger partial charge >= 0.3 is 0 Å². The summed E-state index contributed by atoms with van der Waals surface area (Å²) < 4.78 is 5.88. The molecule has 0 aliphatic heterocycles. The van der Waals surface area contributed by atoms with Crippen LogP contribution in [0.3, 0.4) is 0 Å². The van der Waals surface area contributed by atoms with Crippen molar-refractivity contribution in [1.29, 1.82) is 0 Å². The minimum atomic E-state index is -0.383. The minimum absolute atomic E-state index is 0.359. The van der Waals surface area contributed by atoms with E-state index >= 15 is 0 Å². The summed E-state index contributed by atoms with van der Waals surface area (Å²) in [5.41, 5.74) is 0. The highest BCUT2D eigenvalue weighted by Crippen LogP contribution is 2.26. The van der Waals surface area contributed by atoms with Gasteiger partial charge in [0.15, 0.2) is 0 Å². The molecule has 19 heavy (non-hydrogen) atoms. The number of rotatable bonds is 9. The number of hydrogen-bond donors (Lipinski definition) is 2. The van der Waals surface area contributed by atoms with Gasteiger partial charge in [0.05, 0.1) is 18.8 Å². The zero-order chi connectivity index (χ0) is 14.1. The molecular weight excluding hydrogens is 258 g/mol. The summed E-state index contributed by atoms with van der Waals surface area (Å²) >= 11 is 1.87. The summed E-state index contributed by atoms with van der Waals surface area (Å²) in [5.74, 6) is 1.81. The molecule has 0 radical (unpaired) electrons. The molecule has 4 heteroatoms. The monoisotopic (exact) mass is 289 g/mol. The summed E-state index contributed by atoms with van der Waals surface area (Å²) in [7, 11) is 0. The second-order valence-electron chi connectivity index (χ2n) is 5.88. The Labute approximate surface area is 122 Å². The van der Waals surface area contributed by atoms with E-state index in [0.717, 1.165) is 12.8 Å². The molecule has 4 atom stereocenters. The number of nitrogens with one attached hydrogen (secondary N) is 1. The van der Waals surface area contributed by atoms with Gasteiger partial charge in [0.2, 0.25) is 0 Å². The van der Waals surface area contributed by atoms with E-state index in [9.17, 15) is 5.11 Å². The lowest BCUT2D eigenvalue weighted by atomic mass is 9.88. The first-order chi connectivity index (χ1) is 9.13. The van der Waals surface area contributed by atoms with E-state index in [1.54, 1.807) is 0 Å². The Morgan fingerprint density at radius 1 is 1.37 bits per heavy atom. The van der Waals surface area contributed by atoms with Crippen molar-refractivity contribution < 1.29 is 9.84 Å². The Balaban J connectivity index is 2.08. The Hall–Kier alpha value is 0.230. The molecule has 114 valence electrons. The summed E-state index contributed by atoms with van der Waals surface area (Å²) in [6.45, 7) is 5.54. The molecule has 0 saturated heterocycles. The van der Waals surface area contributed by atoms with Gasteiger partial charge in [0.1, 0.15) is 0 Å². The molecule has 1 rings (SSSR count). The van der Waals surface area contributed by atoms with E-state index in [2.05, 4.69) is 25.4 Å². The second-order valence-corrected chi connectivity index (χ2v) is 6.86. The van der Waals surface area contributed by atoms with Crippen LogP contribution in [-0.4, -0.2) is 48.5 Å². The van der Waals surface area contributed by atoms with Gasteiger partial charge in [-0.2, -0.15) is 11.8 Å². The fourth-order valence-corrected chi connectivity index (χ4v) is 3.15. The molecule has 1 aliphatic carbocycles. The molecule has 0 amide bonds. The number of thioether (sulfide) groups is 1. The lowest BCUT2D eigenvalue weighted by Gasteiger charge is -2.29. The lowest BCUT2D eigenvalue weighted by Crippen LogP contribution is -2.38. The van der Waals surface area contributed by atoms with Gasteiger partial charge in [-0.25, -0.2) is 0 Å². The predicted molar refractivity (Wildman–Crippen MR) is 83.8 cm³/mol. The molecule has 0 aromatic rings. The average Bonchev–Trinajstić information content (AvgIpc) is 2.42. The van der Waals surface area contributed by atoms with Gasteiger partial charge in [-0.3, -0.25) is 0 Å². The molecule has 0 spiro atoms. The first-order valence-corrected chi connectivity index (χ1v) is 9.04. The van der Waals surface area contributed by atoms with Crippen LogP contribution in [0.4, 0.5) is 0 Å². The molecule has 1 saturated carbocycles. The molecule has 0 bridgehead atoms. The van der Waals surface area contributed by atoms with Crippen molar-refractivity contribution in [1.82, 2.24) is 5.32 Å². The highest BCUT2D eigenvalue weighted by molar-refractivity contribution is 7.98. The van der Waals surface area contributed by atoms with E-state index < -0.39 is 0 Å². The largest absolute Gasteiger partial charge is 0.389 e. The number of hydrogen-bond acceptors (Lipinski definition) is 4. The number of aliphatic hydroxyl groups excluding tert-OH is 1. The van der Waals surface area contributed by atoms with Crippen LogP contribution >= 0.6 is 11.8 Å². The first kappa shape index (κ1) is 17.3. The molecule has 4 unspecified atom stereocenters. The van der Waals surface area contributed by atoms with Crippen molar-refractivity contribution in [3.05, 3.63) is 0 Å². The third-order valence-corrected chi connectivity index (χ3v) is 4.64. The van der Waals surface area contributed by atoms with Crippen LogP contribution in [0.2, 0.25) is 0 Å². The molecule has 0 aromatic heterocycles. The first-order valence-electron chi connectivity index (χ1n) is 7.65. The summed E-state index contributed by atoms with van der Waals surface area (Å²) in [6, 6.07) is 0.468. The van der Waals surface area contributed by atoms with E-state index in [4.69, 9.17) is 4.74 Å². The van der Waals surface area contributed by atoms with Crippen LogP contribution < -0.4 is 5.32 Å².